The number of hydrogen-bond donors (Lipinski definition) is 0. The van der Waals surface area contributed by atoms with Crippen LogP contribution in [-0.2, 0) is 15.0 Å². The van der Waals surface area contributed by atoms with Crippen molar-refractivity contribution in [3.8, 4) is 0 Å². The van der Waals surface area contributed by atoms with E-state index in [-0.39, 0.29) is 11.8 Å². The number of piperazine rings is 1. The zero-order valence-electron chi connectivity index (χ0n) is 16.1. The van der Waals surface area contributed by atoms with Gasteiger partial charge in [-0.15, -0.1) is 0 Å². The van der Waals surface area contributed by atoms with Gasteiger partial charge in [0.05, 0.1) is 5.92 Å². The maximum absolute atomic E-state index is 13.0. The molecule has 0 unspecified atom stereocenters. The van der Waals surface area contributed by atoms with Gasteiger partial charge in [-0.3, -0.25) is 4.79 Å². The van der Waals surface area contributed by atoms with Gasteiger partial charge in [-0.05, 0) is 32.2 Å². The van der Waals surface area contributed by atoms with Gasteiger partial charge in [0.25, 0.3) is 10.2 Å². The fourth-order valence-electron chi connectivity index (χ4n) is 4.33. The van der Waals surface area contributed by atoms with Crippen LogP contribution in [0.5, 0.6) is 0 Å². The predicted octanol–water partition coefficient (Wildman–Crippen LogP) is 0.983. The molecule has 0 aliphatic carbocycles. The van der Waals surface area contributed by atoms with Crippen LogP contribution in [0.25, 0.3) is 0 Å². The Labute approximate surface area is 158 Å². The first-order chi connectivity index (χ1) is 12.5. The molecule has 0 aromatic heterocycles. The van der Waals surface area contributed by atoms with E-state index in [9.17, 15) is 13.2 Å². The highest BCUT2D eigenvalue weighted by Crippen LogP contribution is 2.25. The highest BCUT2D eigenvalue weighted by atomic mass is 32.2. The number of likely N-dealkylation sites (N-methyl/N-ethyl adjacent to an activating group) is 1. The number of amides is 1. The molecule has 26 heavy (non-hydrogen) atoms. The van der Waals surface area contributed by atoms with Crippen LogP contribution in [0.15, 0.2) is 0 Å². The van der Waals surface area contributed by atoms with Crippen molar-refractivity contribution >= 4 is 16.1 Å². The molecule has 1 amide bonds. The van der Waals surface area contributed by atoms with E-state index in [4.69, 9.17) is 0 Å². The minimum absolute atomic E-state index is 0.150. The molecule has 3 fully saturated rings. The molecule has 1 atom stereocenters. The lowest BCUT2D eigenvalue weighted by Gasteiger charge is -2.39. The third-order valence-electron chi connectivity index (χ3n) is 6.08. The monoisotopic (exact) mass is 386 g/mol. The van der Waals surface area contributed by atoms with Gasteiger partial charge in [0.15, 0.2) is 0 Å². The van der Waals surface area contributed by atoms with Crippen LogP contribution in [0.4, 0.5) is 0 Å². The van der Waals surface area contributed by atoms with Gasteiger partial charge in [0.2, 0.25) is 5.91 Å². The second-order valence-electron chi connectivity index (χ2n) is 7.78. The van der Waals surface area contributed by atoms with Crippen LogP contribution in [0.1, 0.15) is 45.4 Å². The molecule has 0 radical (unpaired) electrons. The fourth-order valence-corrected chi connectivity index (χ4v) is 6.11. The highest BCUT2D eigenvalue weighted by Gasteiger charge is 2.37. The molecule has 0 N–H and O–H groups in total. The predicted molar refractivity (Wildman–Crippen MR) is 102 cm³/mol. The van der Waals surface area contributed by atoms with Crippen LogP contribution in [0.2, 0.25) is 0 Å². The first kappa shape index (κ1) is 20.0. The molecule has 3 rings (SSSR count). The van der Waals surface area contributed by atoms with Crippen molar-refractivity contribution in [2.45, 2.75) is 45.4 Å². The first-order valence-electron chi connectivity index (χ1n) is 10.3. The molecule has 3 aliphatic heterocycles. The van der Waals surface area contributed by atoms with E-state index in [0.29, 0.717) is 26.2 Å². The summed E-state index contributed by atoms with van der Waals surface area (Å²) < 4.78 is 29.3. The Kier molecular flexibility index (Phi) is 6.93. The SMILES string of the molecule is CCN1CCN(C(=O)[C@@H]2CCCN(S(=O)(=O)N3CCCCCC3)C2)CC1. The van der Waals surface area contributed by atoms with E-state index in [1.165, 1.54) is 0 Å². The number of carbonyl (C=O) groups excluding carboxylic acids is 1. The van der Waals surface area contributed by atoms with Crippen molar-refractivity contribution in [1.82, 2.24) is 18.4 Å². The van der Waals surface area contributed by atoms with E-state index in [1.54, 1.807) is 8.61 Å². The Morgan fingerprint density at radius 1 is 0.846 bits per heavy atom. The average molecular weight is 387 g/mol. The molecule has 3 aliphatic rings. The largest absolute Gasteiger partial charge is 0.340 e. The standard InChI is InChI=1S/C18H34N4O3S/c1-2-19-12-14-20(15-13-19)18(23)17-8-7-11-22(16-17)26(24,25)21-9-5-3-4-6-10-21/h17H,2-16H2,1H3/t17-/m1/s1. The molecule has 150 valence electrons. The fraction of sp³-hybridized carbons (Fsp3) is 0.944. The summed E-state index contributed by atoms with van der Waals surface area (Å²) in [7, 11) is -3.43. The van der Waals surface area contributed by atoms with Gasteiger partial charge < -0.3 is 9.80 Å². The van der Waals surface area contributed by atoms with Crippen molar-refractivity contribution in [2.75, 3.05) is 58.9 Å². The molecule has 0 saturated carbocycles. The average Bonchev–Trinajstić information content (AvgIpc) is 2.98. The summed E-state index contributed by atoms with van der Waals surface area (Å²) >= 11 is 0. The number of hydrogen-bond acceptors (Lipinski definition) is 4. The van der Waals surface area contributed by atoms with Gasteiger partial charge in [0, 0.05) is 52.4 Å². The number of rotatable bonds is 4. The van der Waals surface area contributed by atoms with Gasteiger partial charge in [-0.1, -0.05) is 19.8 Å². The topological polar surface area (TPSA) is 64.2 Å². The smallest absolute Gasteiger partial charge is 0.281 e. The maximum atomic E-state index is 13.0. The lowest BCUT2D eigenvalue weighted by molar-refractivity contribution is -0.138. The third kappa shape index (κ3) is 4.58. The van der Waals surface area contributed by atoms with Crippen LogP contribution >= 0.6 is 0 Å². The number of carbonyl (C=O) groups is 1. The van der Waals surface area contributed by atoms with E-state index in [2.05, 4.69) is 11.8 Å². The van der Waals surface area contributed by atoms with Crippen molar-refractivity contribution in [1.29, 1.82) is 0 Å². The maximum Gasteiger partial charge on any atom is 0.281 e. The minimum Gasteiger partial charge on any atom is -0.340 e. The third-order valence-corrected chi connectivity index (χ3v) is 8.08. The summed E-state index contributed by atoms with van der Waals surface area (Å²) in [5.41, 5.74) is 0. The molecular weight excluding hydrogens is 352 g/mol. The summed E-state index contributed by atoms with van der Waals surface area (Å²) in [5.74, 6) is -0.0322. The van der Waals surface area contributed by atoms with Gasteiger partial charge in [-0.2, -0.15) is 17.0 Å². The lowest BCUT2D eigenvalue weighted by atomic mass is 9.98. The molecule has 0 aromatic carbocycles. The van der Waals surface area contributed by atoms with Gasteiger partial charge in [0.1, 0.15) is 0 Å². The molecule has 0 spiro atoms. The summed E-state index contributed by atoms with van der Waals surface area (Å²) in [6.45, 7) is 8.68. The van der Waals surface area contributed by atoms with Gasteiger partial charge in [-0.25, -0.2) is 0 Å². The first-order valence-corrected chi connectivity index (χ1v) is 11.7. The quantitative estimate of drug-likeness (QED) is 0.723. The zero-order valence-corrected chi connectivity index (χ0v) is 16.9. The Bertz CT molecular complexity index is 567. The molecule has 8 heteroatoms. The Hall–Kier alpha value is -0.700. The summed E-state index contributed by atoms with van der Waals surface area (Å²) in [6.07, 6.45) is 5.68. The summed E-state index contributed by atoms with van der Waals surface area (Å²) in [6, 6.07) is 0. The second kappa shape index (κ2) is 8.99. The number of nitrogens with zero attached hydrogens (tertiary/aromatic N) is 4. The van der Waals surface area contributed by atoms with Crippen molar-refractivity contribution in [2.24, 2.45) is 5.92 Å². The lowest BCUT2D eigenvalue weighted by Crippen LogP contribution is -2.54. The van der Waals surface area contributed by atoms with Crippen LogP contribution in [-0.4, -0.2) is 91.6 Å². The van der Waals surface area contributed by atoms with E-state index in [1.807, 2.05) is 4.90 Å². The minimum atomic E-state index is -3.43. The highest BCUT2D eigenvalue weighted by molar-refractivity contribution is 7.86. The van der Waals surface area contributed by atoms with Crippen molar-refractivity contribution in [3.63, 3.8) is 0 Å². The van der Waals surface area contributed by atoms with Crippen molar-refractivity contribution in [3.05, 3.63) is 0 Å². The number of piperidine rings is 1. The molecule has 0 bridgehead atoms. The summed E-state index contributed by atoms with van der Waals surface area (Å²) in [4.78, 5) is 17.2. The van der Waals surface area contributed by atoms with Crippen LogP contribution in [0.3, 0.4) is 0 Å². The molecular formula is C18H34N4O3S. The van der Waals surface area contributed by atoms with E-state index < -0.39 is 10.2 Å². The summed E-state index contributed by atoms with van der Waals surface area (Å²) in [5, 5.41) is 0. The van der Waals surface area contributed by atoms with Gasteiger partial charge >= 0.3 is 0 Å². The molecule has 7 nitrogen and oxygen atoms in total. The van der Waals surface area contributed by atoms with Crippen LogP contribution in [0, 0.1) is 5.92 Å². The molecule has 3 heterocycles. The second-order valence-corrected chi connectivity index (χ2v) is 9.71. The Morgan fingerprint density at radius 3 is 2.08 bits per heavy atom. The van der Waals surface area contributed by atoms with Crippen LogP contribution < -0.4 is 0 Å². The molecule has 3 saturated heterocycles. The normalized spacial score (nSPS) is 28.0. The van der Waals surface area contributed by atoms with E-state index in [0.717, 1.165) is 71.2 Å². The molecule has 0 aromatic rings. The van der Waals surface area contributed by atoms with E-state index >= 15 is 0 Å². The zero-order chi connectivity index (χ0) is 18.6. The Morgan fingerprint density at radius 2 is 1.46 bits per heavy atom. The van der Waals surface area contributed by atoms with Crippen molar-refractivity contribution < 1.29 is 13.2 Å². The Balaban J connectivity index is 1.60.